The van der Waals surface area contributed by atoms with Gasteiger partial charge in [0.05, 0.1) is 11.6 Å². The molecule has 1 aromatic heterocycles. The van der Waals surface area contributed by atoms with Crippen LogP contribution in [-0.4, -0.2) is 35.3 Å². The highest BCUT2D eigenvalue weighted by atomic mass is 16.7. The largest absolute Gasteiger partial charge is 0.454 e. The van der Waals surface area contributed by atoms with Gasteiger partial charge in [-0.05, 0) is 42.3 Å². The zero-order valence-corrected chi connectivity index (χ0v) is 15.4. The first kappa shape index (κ1) is 17.3. The van der Waals surface area contributed by atoms with Crippen molar-refractivity contribution < 1.29 is 19.1 Å². The number of rotatable bonds is 3. The maximum absolute atomic E-state index is 13.2. The van der Waals surface area contributed by atoms with Gasteiger partial charge in [0.1, 0.15) is 5.69 Å². The van der Waals surface area contributed by atoms with Crippen LogP contribution in [0.1, 0.15) is 16.1 Å². The van der Waals surface area contributed by atoms with Crippen molar-refractivity contribution in [3.8, 4) is 22.8 Å². The number of nitrogens with two attached hydrogens (primary N) is 1. The van der Waals surface area contributed by atoms with E-state index in [9.17, 15) is 9.59 Å². The predicted molar refractivity (Wildman–Crippen MR) is 105 cm³/mol. The minimum Gasteiger partial charge on any atom is -0.454 e. The Balaban J connectivity index is 1.46. The van der Waals surface area contributed by atoms with Crippen molar-refractivity contribution in [1.82, 2.24) is 10.2 Å². The molecule has 0 aliphatic carbocycles. The molecular formula is C21H18N4O4. The highest BCUT2D eigenvalue weighted by Crippen LogP contribution is 2.36. The normalized spacial score (nSPS) is 17.1. The number of benzene rings is 2. The van der Waals surface area contributed by atoms with Crippen LogP contribution in [0.15, 0.2) is 48.5 Å². The number of aromatic amines is 1. The van der Waals surface area contributed by atoms with Gasteiger partial charge in [0, 0.05) is 17.8 Å². The molecule has 29 heavy (non-hydrogen) atoms. The van der Waals surface area contributed by atoms with Crippen LogP contribution in [0.2, 0.25) is 0 Å². The van der Waals surface area contributed by atoms with Crippen molar-refractivity contribution in [3.05, 3.63) is 59.8 Å². The molecule has 3 heterocycles. The Bertz CT molecular complexity index is 1120. The van der Waals surface area contributed by atoms with E-state index in [1.54, 1.807) is 11.0 Å². The van der Waals surface area contributed by atoms with E-state index < -0.39 is 11.8 Å². The molecule has 8 heteroatoms. The lowest BCUT2D eigenvalue weighted by Crippen LogP contribution is -2.44. The third kappa shape index (κ3) is 2.98. The van der Waals surface area contributed by atoms with Crippen molar-refractivity contribution in [3.63, 3.8) is 0 Å². The molecule has 2 amide bonds. The molecule has 1 unspecified atom stereocenters. The molecule has 0 fully saturated rings. The van der Waals surface area contributed by atoms with Gasteiger partial charge >= 0.3 is 0 Å². The number of hydrogen-bond donors (Lipinski definition) is 2. The van der Waals surface area contributed by atoms with Crippen LogP contribution in [0.25, 0.3) is 11.3 Å². The van der Waals surface area contributed by atoms with Gasteiger partial charge in [0.15, 0.2) is 11.5 Å². The molecule has 1 atom stereocenters. The lowest BCUT2D eigenvalue weighted by molar-refractivity contribution is -0.121. The Morgan fingerprint density at radius 2 is 1.93 bits per heavy atom. The third-order valence-corrected chi connectivity index (χ3v) is 5.28. The quantitative estimate of drug-likeness (QED) is 0.712. The average molecular weight is 390 g/mol. The minimum absolute atomic E-state index is 0.193. The minimum atomic E-state index is -0.426. The summed E-state index contributed by atoms with van der Waals surface area (Å²) in [4.78, 5) is 26.6. The maximum atomic E-state index is 13.2. The summed E-state index contributed by atoms with van der Waals surface area (Å²) in [6, 6.07) is 14.7. The summed E-state index contributed by atoms with van der Waals surface area (Å²) in [6.07, 6.45) is 0.528. The van der Waals surface area contributed by atoms with Crippen molar-refractivity contribution in [1.29, 1.82) is 0 Å². The van der Waals surface area contributed by atoms with Gasteiger partial charge in [-0.3, -0.25) is 14.7 Å². The molecule has 0 saturated heterocycles. The smallest absolute Gasteiger partial charge is 0.276 e. The monoisotopic (exact) mass is 390 g/mol. The second-order valence-electron chi connectivity index (χ2n) is 7.08. The number of primary amides is 1. The summed E-state index contributed by atoms with van der Waals surface area (Å²) in [5, 5.41) is 7.09. The Morgan fingerprint density at radius 1 is 1.10 bits per heavy atom. The van der Waals surface area contributed by atoms with E-state index in [0.717, 1.165) is 16.8 Å². The number of hydrogen-bond acceptors (Lipinski definition) is 5. The number of carbonyl (C=O) groups is 2. The molecule has 3 aromatic rings. The molecule has 0 saturated carbocycles. The second kappa shape index (κ2) is 6.66. The van der Waals surface area contributed by atoms with Gasteiger partial charge in [-0.15, -0.1) is 0 Å². The zero-order valence-electron chi connectivity index (χ0n) is 15.4. The van der Waals surface area contributed by atoms with Crippen LogP contribution < -0.4 is 20.1 Å². The predicted octanol–water partition coefficient (Wildman–Crippen LogP) is 2.11. The number of nitrogens with zero attached hydrogens (tertiary/aromatic N) is 2. The molecular weight excluding hydrogens is 372 g/mol. The van der Waals surface area contributed by atoms with Crippen LogP contribution in [0.3, 0.4) is 0 Å². The first-order chi connectivity index (χ1) is 14.1. The Kier molecular flexibility index (Phi) is 3.97. The number of aromatic nitrogens is 2. The lowest BCUT2D eigenvalue weighted by Gasteiger charge is -2.33. The molecule has 0 spiro atoms. The van der Waals surface area contributed by atoms with Gasteiger partial charge in [0.25, 0.3) is 5.91 Å². The summed E-state index contributed by atoms with van der Waals surface area (Å²) in [5.74, 6) is 0.228. The number of H-pyrrole nitrogens is 1. The standard InChI is InChI=1S/C21H18N4O4/c22-20(26)14-7-13-3-1-2-4-17(13)25(10-14)21(27)16-9-15(23-24-16)12-5-6-18-19(8-12)29-11-28-18/h1-6,8-9,14H,7,10-11H2,(H2,22,26)(H,23,24). The van der Waals surface area contributed by atoms with Crippen LogP contribution in [0.5, 0.6) is 11.5 Å². The molecule has 3 N–H and O–H groups in total. The van der Waals surface area contributed by atoms with Gasteiger partial charge in [-0.2, -0.15) is 5.10 Å². The van der Waals surface area contributed by atoms with E-state index in [0.29, 0.717) is 29.3 Å². The highest BCUT2D eigenvalue weighted by Gasteiger charge is 2.32. The first-order valence-electron chi connectivity index (χ1n) is 9.24. The van der Waals surface area contributed by atoms with Crippen molar-refractivity contribution >= 4 is 17.5 Å². The average Bonchev–Trinajstić information content (AvgIpc) is 3.41. The first-order valence-corrected chi connectivity index (χ1v) is 9.24. The summed E-state index contributed by atoms with van der Waals surface area (Å²) in [6.45, 7) is 0.433. The SMILES string of the molecule is NC(=O)C1Cc2ccccc2N(C(=O)c2cc(-c3ccc4c(c3)OCO4)n[nH]2)C1. The summed E-state index contributed by atoms with van der Waals surface area (Å²) < 4.78 is 10.7. The van der Waals surface area contributed by atoms with Crippen molar-refractivity contribution in [2.45, 2.75) is 6.42 Å². The fourth-order valence-corrected chi connectivity index (χ4v) is 3.76. The number of nitrogens with one attached hydrogen (secondary N) is 1. The Labute approximate surface area is 166 Å². The molecule has 2 aliphatic rings. The number of amides is 2. The molecule has 2 aliphatic heterocycles. The van der Waals surface area contributed by atoms with Crippen molar-refractivity contribution in [2.75, 3.05) is 18.2 Å². The molecule has 0 radical (unpaired) electrons. The number of carbonyl (C=O) groups excluding carboxylic acids is 2. The van der Waals surface area contributed by atoms with Gasteiger partial charge in [-0.25, -0.2) is 0 Å². The van der Waals surface area contributed by atoms with Crippen LogP contribution >= 0.6 is 0 Å². The molecule has 146 valence electrons. The van der Waals surface area contributed by atoms with Gasteiger partial charge in [0.2, 0.25) is 12.7 Å². The van der Waals surface area contributed by atoms with Crippen LogP contribution in [0, 0.1) is 5.92 Å². The van der Waals surface area contributed by atoms with E-state index in [1.165, 1.54) is 0 Å². The van der Waals surface area contributed by atoms with Crippen LogP contribution in [0.4, 0.5) is 5.69 Å². The topological polar surface area (TPSA) is 111 Å². The maximum Gasteiger partial charge on any atom is 0.276 e. The fourth-order valence-electron chi connectivity index (χ4n) is 3.76. The number of ether oxygens (including phenoxy) is 2. The summed E-state index contributed by atoms with van der Waals surface area (Å²) in [7, 11) is 0. The second-order valence-corrected chi connectivity index (χ2v) is 7.08. The molecule has 0 bridgehead atoms. The number of anilines is 1. The molecule has 8 nitrogen and oxygen atoms in total. The van der Waals surface area contributed by atoms with E-state index in [-0.39, 0.29) is 19.2 Å². The number of fused-ring (bicyclic) bond motifs is 2. The van der Waals surface area contributed by atoms with E-state index in [4.69, 9.17) is 15.2 Å². The Morgan fingerprint density at radius 3 is 2.79 bits per heavy atom. The number of para-hydroxylation sites is 1. The Hall–Kier alpha value is -3.81. The van der Waals surface area contributed by atoms with Gasteiger partial charge in [-0.1, -0.05) is 18.2 Å². The van der Waals surface area contributed by atoms with Gasteiger partial charge < -0.3 is 20.1 Å². The fraction of sp³-hybridized carbons (Fsp3) is 0.190. The van der Waals surface area contributed by atoms with E-state index in [2.05, 4.69) is 10.2 Å². The third-order valence-electron chi connectivity index (χ3n) is 5.28. The van der Waals surface area contributed by atoms with E-state index >= 15 is 0 Å². The lowest BCUT2D eigenvalue weighted by atomic mass is 9.91. The van der Waals surface area contributed by atoms with Crippen molar-refractivity contribution in [2.24, 2.45) is 11.7 Å². The molecule has 2 aromatic carbocycles. The highest BCUT2D eigenvalue weighted by molar-refractivity contribution is 6.06. The van der Waals surface area contributed by atoms with Crippen LogP contribution in [-0.2, 0) is 11.2 Å². The van der Waals surface area contributed by atoms with E-state index in [1.807, 2.05) is 42.5 Å². The summed E-state index contributed by atoms with van der Waals surface area (Å²) >= 11 is 0. The zero-order chi connectivity index (χ0) is 20.0. The molecule has 5 rings (SSSR count). The summed E-state index contributed by atoms with van der Waals surface area (Å²) in [5.41, 5.74) is 8.99.